The Labute approximate surface area is 81.1 Å². The van der Waals surface area contributed by atoms with Crippen LogP contribution in [-0.4, -0.2) is 17.7 Å². The standard InChI is InChI=1S/C10H10O4/c1-2-5-13-8-6(10(11)12)3-4-7-9(8)14-7/h3-4H,2,5H2,1H3,(H,11,12). The zero-order valence-corrected chi connectivity index (χ0v) is 7.74. The molecule has 14 heavy (non-hydrogen) atoms. The number of aromatic carboxylic acids is 1. The van der Waals surface area contributed by atoms with Crippen LogP contribution in [0.3, 0.4) is 0 Å². The summed E-state index contributed by atoms with van der Waals surface area (Å²) in [4.78, 5) is 10.8. The van der Waals surface area contributed by atoms with Crippen LogP contribution in [-0.2, 0) is 0 Å². The third kappa shape index (κ3) is 1.39. The first-order chi connectivity index (χ1) is 6.74. The zero-order valence-electron chi connectivity index (χ0n) is 7.74. The molecule has 0 saturated heterocycles. The molecule has 0 aromatic heterocycles. The van der Waals surface area contributed by atoms with E-state index in [1.165, 1.54) is 6.07 Å². The first-order valence-corrected chi connectivity index (χ1v) is 4.45. The minimum absolute atomic E-state index is 0.162. The predicted octanol–water partition coefficient (Wildman–Crippen LogP) is 2.28. The van der Waals surface area contributed by atoms with Gasteiger partial charge in [-0.3, -0.25) is 0 Å². The van der Waals surface area contributed by atoms with Gasteiger partial charge in [0, 0.05) is 0 Å². The topological polar surface area (TPSA) is 59.1 Å². The van der Waals surface area contributed by atoms with E-state index in [0.717, 1.165) is 6.42 Å². The van der Waals surface area contributed by atoms with Gasteiger partial charge < -0.3 is 14.6 Å². The Morgan fingerprint density at radius 3 is 3.00 bits per heavy atom. The van der Waals surface area contributed by atoms with Gasteiger partial charge in [0.25, 0.3) is 0 Å². The maximum Gasteiger partial charge on any atom is 0.339 e. The van der Waals surface area contributed by atoms with Gasteiger partial charge in [-0.25, -0.2) is 4.79 Å². The average molecular weight is 194 g/mol. The van der Waals surface area contributed by atoms with E-state index in [4.69, 9.17) is 14.6 Å². The summed E-state index contributed by atoms with van der Waals surface area (Å²) >= 11 is 0. The largest absolute Gasteiger partial charge is 0.489 e. The van der Waals surface area contributed by atoms with Gasteiger partial charge >= 0.3 is 5.97 Å². The Balaban J connectivity index is 2.32. The quantitative estimate of drug-likeness (QED) is 0.758. The number of fused-ring (bicyclic) bond motifs is 1. The molecular formula is C10H10O4. The molecule has 1 aromatic carbocycles. The minimum atomic E-state index is -0.991. The molecule has 0 unspecified atom stereocenters. The molecule has 4 nitrogen and oxygen atoms in total. The highest BCUT2D eigenvalue weighted by Crippen LogP contribution is 2.53. The van der Waals surface area contributed by atoms with Crippen LogP contribution in [0.1, 0.15) is 23.7 Å². The van der Waals surface area contributed by atoms with Crippen LogP contribution in [0.5, 0.6) is 17.2 Å². The highest BCUT2D eigenvalue weighted by atomic mass is 16.6. The highest BCUT2D eigenvalue weighted by Gasteiger charge is 2.30. The molecule has 0 saturated carbocycles. The Hall–Kier alpha value is -1.71. The van der Waals surface area contributed by atoms with E-state index < -0.39 is 5.97 Å². The smallest absolute Gasteiger partial charge is 0.339 e. The Bertz CT molecular complexity index is 384. The number of ether oxygens (including phenoxy) is 2. The average Bonchev–Trinajstić information content (AvgIpc) is 2.92. The van der Waals surface area contributed by atoms with Gasteiger partial charge in [-0.1, -0.05) is 6.92 Å². The van der Waals surface area contributed by atoms with E-state index >= 15 is 0 Å². The molecule has 4 heteroatoms. The lowest BCUT2D eigenvalue weighted by Gasteiger charge is -2.04. The van der Waals surface area contributed by atoms with E-state index in [2.05, 4.69) is 0 Å². The number of carboxylic acid groups (broad SMARTS) is 1. The predicted molar refractivity (Wildman–Crippen MR) is 49.3 cm³/mol. The van der Waals surface area contributed by atoms with E-state index in [1.54, 1.807) is 6.07 Å². The highest BCUT2D eigenvalue weighted by molar-refractivity contribution is 5.94. The molecule has 0 spiro atoms. The molecule has 74 valence electrons. The van der Waals surface area contributed by atoms with Crippen LogP contribution >= 0.6 is 0 Å². The molecule has 1 aliphatic rings. The molecular weight excluding hydrogens is 184 g/mol. The number of carbonyl (C=O) groups is 1. The van der Waals surface area contributed by atoms with Crippen LogP contribution in [0.15, 0.2) is 12.1 Å². The first kappa shape index (κ1) is 8.87. The normalized spacial score (nSPS) is 11.5. The second-order valence-corrected chi connectivity index (χ2v) is 3.03. The van der Waals surface area contributed by atoms with Crippen molar-refractivity contribution < 1.29 is 19.4 Å². The lowest BCUT2D eigenvalue weighted by molar-refractivity contribution is 0.0692. The number of benzene rings is 1. The molecule has 0 amide bonds. The molecule has 0 bridgehead atoms. The molecule has 1 aromatic rings. The van der Waals surface area contributed by atoms with Crippen molar-refractivity contribution in [2.45, 2.75) is 13.3 Å². The molecule has 2 rings (SSSR count). The van der Waals surface area contributed by atoms with Gasteiger partial charge in [-0.05, 0) is 18.6 Å². The Morgan fingerprint density at radius 2 is 2.36 bits per heavy atom. The lowest BCUT2D eigenvalue weighted by atomic mass is 10.2. The van der Waals surface area contributed by atoms with Crippen molar-refractivity contribution in [1.82, 2.24) is 0 Å². The molecule has 0 atom stereocenters. The van der Waals surface area contributed by atoms with Crippen LogP contribution in [0.2, 0.25) is 0 Å². The van der Waals surface area contributed by atoms with E-state index in [-0.39, 0.29) is 5.56 Å². The van der Waals surface area contributed by atoms with Gasteiger partial charge in [0.05, 0.1) is 6.61 Å². The molecule has 1 heterocycles. The van der Waals surface area contributed by atoms with Crippen LogP contribution in [0.4, 0.5) is 0 Å². The SMILES string of the molecule is CCCOc1c(C(=O)O)ccc2c1O2. The van der Waals surface area contributed by atoms with Gasteiger partial charge in [-0.15, -0.1) is 0 Å². The summed E-state index contributed by atoms with van der Waals surface area (Å²) in [6.45, 7) is 2.46. The molecule has 0 radical (unpaired) electrons. The fraction of sp³-hybridized carbons (Fsp3) is 0.300. The van der Waals surface area contributed by atoms with Crippen molar-refractivity contribution in [3.8, 4) is 17.2 Å². The third-order valence-electron chi connectivity index (χ3n) is 1.93. The summed E-state index contributed by atoms with van der Waals surface area (Å²) in [5.41, 5.74) is 0.162. The summed E-state index contributed by atoms with van der Waals surface area (Å²) < 4.78 is 10.4. The zero-order chi connectivity index (χ0) is 10.1. The number of hydrogen-bond acceptors (Lipinski definition) is 3. The van der Waals surface area contributed by atoms with Crippen LogP contribution in [0, 0.1) is 0 Å². The van der Waals surface area contributed by atoms with Crippen molar-refractivity contribution in [1.29, 1.82) is 0 Å². The summed E-state index contributed by atoms with van der Waals surface area (Å²) in [6.07, 6.45) is 0.836. The van der Waals surface area contributed by atoms with Gasteiger partial charge in [-0.2, -0.15) is 0 Å². The summed E-state index contributed by atoms with van der Waals surface area (Å²) in [5, 5.41) is 8.88. The summed E-state index contributed by atoms with van der Waals surface area (Å²) in [7, 11) is 0. The lowest BCUT2D eigenvalue weighted by Crippen LogP contribution is -2.02. The van der Waals surface area contributed by atoms with Crippen molar-refractivity contribution in [2.75, 3.05) is 6.61 Å². The minimum Gasteiger partial charge on any atom is -0.489 e. The Kier molecular flexibility index (Phi) is 2.04. The van der Waals surface area contributed by atoms with Crippen molar-refractivity contribution in [3.05, 3.63) is 17.7 Å². The van der Waals surface area contributed by atoms with E-state index in [1.807, 2.05) is 6.92 Å². The third-order valence-corrected chi connectivity index (χ3v) is 1.93. The monoisotopic (exact) mass is 194 g/mol. The molecule has 0 fully saturated rings. The summed E-state index contributed by atoms with van der Waals surface area (Å²) in [6, 6.07) is 3.14. The van der Waals surface area contributed by atoms with Crippen LogP contribution < -0.4 is 9.47 Å². The second kappa shape index (κ2) is 3.21. The van der Waals surface area contributed by atoms with Gasteiger partial charge in [0.15, 0.2) is 11.5 Å². The second-order valence-electron chi connectivity index (χ2n) is 3.03. The van der Waals surface area contributed by atoms with E-state index in [0.29, 0.717) is 23.9 Å². The molecule has 0 aliphatic carbocycles. The van der Waals surface area contributed by atoms with Crippen molar-refractivity contribution in [2.24, 2.45) is 0 Å². The maximum atomic E-state index is 10.8. The van der Waals surface area contributed by atoms with Crippen molar-refractivity contribution in [3.63, 3.8) is 0 Å². The number of hydrogen-bond donors (Lipinski definition) is 1. The van der Waals surface area contributed by atoms with Gasteiger partial charge in [0.1, 0.15) is 5.56 Å². The van der Waals surface area contributed by atoms with Crippen LogP contribution in [0.25, 0.3) is 0 Å². The van der Waals surface area contributed by atoms with Crippen molar-refractivity contribution >= 4 is 5.97 Å². The number of rotatable bonds is 4. The fourth-order valence-corrected chi connectivity index (χ4v) is 1.23. The Morgan fingerprint density at radius 1 is 1.57 bits per heavy atom. The first-order valence-electron chi connectivity index (χ1n) is 4.45. The molecule has 1 aliphatic heterocycles. The summed E-state index contributed by atoms with van der Waals surface area (Å²) in [5.74, 6) is 0.644. The molecule has 1 N–H and O–H groups in total. The maximum absolute atomic E-state index is 10.8. The van der Waals surface area contributed by atoms with Gasteiger partial charge in [0.2, 0.25) is 5.75 Å². The van der Waals surface area contributed by atoms with E-state index in [9.17, 15) is 4.79 Å². The number of carboxylic acids is 1. The fourth-order valence-electron chi connectivity index (χ4n) is 1.23.